The highest BCUT2D eigenvalue weighted by atomic mass is 16.5. The summed E-state index contributed by atoms with van der Waals surface area (Å²) < 4.78 is 12.0. The molecule has 0 aromatic carbocycles. The van der Waals surface area contributed by atoms with Gasteiger partial charge in [-0.3, -0.25) is 9.59 Å². The van der Waals surface area contributed by atoms with E-state index in [9.17, 15) is 14.7 Å². The summed E-state index contributed by atoms with van der Waals surface area (Å²) >= 11 is 0. The quantitative estimate of drug-likeness (QED) is 0.0487. The molecule has 298 valence electrons. The molecule has 0 bridgehead atoms. The topological polar surface area (TPSA) is 84.9 Å². The van der Waals surface area contributed by atoms with Crippen LogP contribution in [-0.2, 0) is 19.1 Å². The average Bonchev–Trinajstić information content (AvgIpc) is 3.11. The fourth-order valence-electron chi connectivity index (χ4n) is 6.90. The van der Waals surface area contributed by atoms with Crippen molar-refractivity contribution < 1.29 is 24.2 Å². The molecule has 0 aliphatic rings. The van der Waals surface area contributed by atoms with Gasteiger partial charge in [0.05, 0.1) is 0 Å². The number of hydrogen-bond donors (Lipinski definition) is 2. The Hall–Kier alpha value is -1.14. The number of aliphatic hydroxyl groups excluding tert-OH is 1. The predicted molar refractivity (Wildman–Crippen MR) is 214 cm³/mol. The van der Waals surface area contributed by atoms with Crippen LogP contribution < -0.4 is 5.32 Å². The summed E-state index contributed by atoms with van der Waals surface area (Å²) in [6.45, 7) is 9.80. The lowest BCUT2D eigenvalue weighted by Crippen LogP contribution is -2.40. The van der Waals surface area contributed by atoms with Crippen molar-refractivity contribution in [2.75, 3.05) is 13.2 Å². The highest BCUT2D eigenvalue weighted by molar-refractivity contribution is 5.76. The SMILES string of the molecule is CCCCCCCCCCC(CCO)OC(=O)CCCCCNC(CCCCCC)C(=O)OC(CCCCCCCC)CCCCCCCC. The lowest BCUT2D eigenvalue weighted by atomic mass is 10.0. The smallest absolute Gasteiger partial charge is 0.323 e. The summed E-state index contributed by atoms with van der Waals surface area (Å²) in [7, 11) is 0. The largest absolute Gasteiger partial charge is 0.462 e. The Bertz CT molecular complexity index is 701. The van der Waals surface area contributed by atoms with Crippen LogP contribution >= 0.6 is 0 Å². The summed E-state index contributed by atoms with van der Waals surface area (Å²) in [5.74, 6) is -0.200. The Kier molecular flexibility index (Phi) is 38.2. The minimum Gasteiger partial charge on any atom is -0.462 e. The van der Waals surface area contributed by atoms with Gasteiger partial charge < -0.3 is 19.9 Å². The first-order valence-electron chi connectivity index (χ1n) is 22.3. The molecule has 0 aliphatic carbocycles. The molecule has 6 nitrogen and oxygen atoms in total. The summed E-state index contributed by atoms with van der Waals surface area (Å²) in [5.41, 5.74) is 0. The molecule has 2 unspecified atom stereocenters. The standard InChI is InChI=1S/C44H87NO5/c1-5-9-13-17-20-21-24-28-34-41(37-39-46)49-43(47)36-30-25-31-38-45-42(35-29-16-12-8-4)44(48)50-40(32-26-22-18-14-10-6-2)33-27-23-19-15-11-7-3/h40-42,45-46H,5-39H2,1-4H3. The summed E-state index contributed by atoms with van der Waals surface area (Å²) in [6, 6.07) is -0.246. The van der Waals surface area contributed by atoms with E-state index in [1.807, 2.05) is 0 Å². The average molecular weight is 710 g/mol. The molecule has 0 aliphatic heterocycles. The van der Waals surface area contributed by atoms with E-state index < -0.39 is 0 Å². The molecule has 0 spiro atoms. The number of carbonyl (C=O) groups is 2. The Morgan fingerprint density at radius 2 is 0.840 bits per heavy atom. The molecule has 2 N–H and O–H groups in total. The first-order valence-corrected chi connectivity index (χ1v) is 22.3. The number of aliphatic hydroxyl groups is 1. The van der Waals surface area contributed by atoms with Crippen LogP contribution in [-0.4, -0.2) is 48.4 Å². The third-order valence-corrected chi connectivity index (χ3v) is 10.3. The molecule has 0 aromatic rings. The molecule has 0 rings (SSSR count). The van der Waals surface area contributed by atoms with Gasteiger partial charge in [0, 0.05) is 19.4 Å². The van der Waals surface area contributed by atoms with E-state index in [0.29, 0.717) is 12.8 Å². The molecule has 0 fully saturated rings. The zero-order valence-corrected chi connectivity index (χ0v) is 34.1. The summed E-state index contributed by atoms with van der Waals surface area (Å²) in [5, 5.41) is 13.0. The number of ether oxygens (including phenoxy) is 2. The van der Waals surface area contributed by atoms with Crippen LogP contribution in [0.4, 0.5) is 0 Å². The zero-order valence-electron chi connectivity index (χ0n) is 34.1. The van der Waals surface area contributed by atoms with Crippen LogP contribution in [0.25, 0.3) is 0 Å². The molecule has 6 heteroatoms. The van der Waals surface area contributed by atoms with Crippen molar-refractivity contribution in [3.8, 4) is 0 Å². The van der Waals surface area contributed by atoms with E-state index in [-0.39, 0.29) is 36.8 Å². The Balaban J connectivity index is 4.68. The number of hydrogen-bond acceptors (Lipinski definition) is 6. The van der Waals surface area contributed by atoms with Crippen molar-refractivity contribution in [2.45, 2.75) is 258 Å². The van der Waals surface area contributed by atoms with Crippen LogP contribution in [0, 0.1) is 0 Å². The minimum absolute atomic E-state index is 0.0380. The maximum absolute atomic E-state index is 13.5. The molecule has 0 saturated carbocycles. The fourth-order valence-corrected chi connectivity index (χ4v) is 6.90. The van der Waals surface area contributed by atoms with Gasteiger partial charge in [-0.05, 0) is 64.3 Å². The van der Waals surface area contributed by atoms with Crippen molar-refractivity contribution in [1.29, 1.82) is 0 Å². The molecule has 0 radical (unpaired) electrons. The molecular formula is C44H87NO5. The Labute approximate surface area is 311 Å². The normalized spacial score (nSPS) is 12.8. The van der Waals surface area contributed by atoms with Crippen molar-refractivity contribution >= 4 is 11.9 Å². The van der Waals surface area contributed by atoms with Gasteiger partial charge in [0.2, 0.25) is 0 Å². The van der Waals surface area contributed by atoms with Gasteiger partial charge in [-0.15, -0.1) is 0 Å². The van der Waals surface area contributed by atoms with Crippen LogP contribution in [0.2, 0.25) is 0 Å². The first kappa shape index (κ1) is 48.9. The van der Waals surface area contributed by atoms with Gasteiger partial charge in [-0.25, -0.2) is 0 Å². The van der Waals surface area contributed by atoms with Gasteiger partial charge in [-0.2, -0.15) is 0 Å². The maximum atomic E-state index is 13.5. The highest BCUT2D eigenvalue weighted by Gasteiger charge is 2.23. The van der Waals surface area contributed by atoms with Crippen LogP contribution in [0.5, 0.6) is 0 Å². The lowest BCUT2D eigenvalue weighted by molar-refractivity contribution is -0.153. The van der Waals surface area contributed by atoms with E-state index in [1.165, 1.54) is 122 Å². The van der Waals surface area contributed by atoms with Crippen LogP contribution in [0.3, 0.4) is 0 Å². The minimum atomic E-state index is -0.246. The summed E-state index contributed by atoms with van der Waals surface area (Å²) in [6.07, 6.45) is 36.8. The molecule has 0 heterocycles. The van der Waals surface area contributed by atoms with E-state index >= 15 is 0 Å². The van der Waals surface area contributed by atoms with Gasteiger partial charge in [0.1, 0.15) is 18.2 Å². The van der Waals surface area contributed by atoms with Crippen molar-refractivity contribution in [3.05, 3.63) is 0 Å². The maximum Gasteiger partial charge on any atom is 0.323 e. The third-order valence-electron chi connectivity index (χ3n) is 10.3. The van der Waals surface area contributed by atoms with Crippen molar-refractivity contribution in [2.24, 2.45) is 0 Å². The van der Waals surface area contributed by atoms with Gasteiger partial charge >= 0.3 is 11.9 Å². The monoisotopic (exact) mass is 710 g/mol. The fraction of sp³-hybridized carbons (Fsp3) is 0.955. The molecular weight excluding hydrogens is 622 g/mol. The van der Waals surface area contributed by atoms with Crippen LogP contribution in [0.1, 0.15) is 240 Å². The second-order valence-electron chi connectivity index (χ2n) is 15.2. The van der Waals surface area contributed by atoms with Crippen LogP contribution in [0.15, 0.2) is 0 Å². The Morgan fingerprint density at radius 3 is 1.30 bits per heavy atom. The van der Waals surface area contributed by atoms with E-state index in [4.69, 9.17) is 9.47 Å². The van der Waals surface area contributed by atoms with E-state index in [1.54, 1.807) is 0 Å². The van der Waals surface area contributed by atoms with Crippen molar-refractivity contribution in [1.82, 2.24) is 5.32 Å². The van der Waals surface area contributed by atoms with E-state index in [0.717, 1.165) is 83.6 Å². The number of carbonyl (C=O) groups excluding carboxylic acids is 2. The second kappa shape index (κ2) is 39.1. The predicted octanol–water partition coefficient (Wildman–Crippen LogP) is 12.7. The highest BCUT2D eigenvalue weighted by Crippen LogP contribution is 2.19. The molecule has 50 heavy (non-hydrogen) atoms. The van der Waals surface area contributed by atoms with Gasteiger partial charge in [0.25, 0.3) is 0 Å². The van der Waals surface area contributed by atoms with Gasteiger partial charge in [-0.1, -0.05) is 169 Å². The Morgan fingerprint density at radius 1 is 0.460 bits per heavy atom. The van der Waals surface area contributed by atoms with E-state index in [2.05, 4.69) is 33.0 Å². The number of nitrogens with one attached hydrogen (secondary N) is 1. The third kappa shape index (κ3) is 32.7. The molecule has 0 amide bonds. The summed E-state index contributed by atoms with van der Waals surface area (Å²) in [4.78, 5) is 26.1. The number of unbranched alkanes of at least 4 members (excludes halogenated alkanes) is 22. The first-order chi connectivity index (χ1) is 24.5. The number of rotatable bonds is 40. The zero-order chi connectivity index (χ0) is 36.8. The lowest BCUT2D eigenvalue weighted by Gasteiger charge is -2.23. The van der Waals surface area contributed by atoms with Gasteiger partial charge in [0.15, 0.2) is 0 Å². The molecule has 0 saturated heterocycles. The molecule has 2 atom stereocenters. The molecule has 0 aromatic heterocycles. The number of esters is 2. The second-order valence-corrected chi connectivity index (χ2v) is 15.2. The van der Waals surface area contributed by atoms with Crippen molar-refractivity contribution in [3.63, 3.8) is 0 Å².